The maximum atomic E-state index is 15.6. The molecule has 0 saturated carbocycles. The number of halogens is 7. The molecule has 12 heteroatoms. The number of benzene rings is 2. The smallest absolute Gasteiger partial charge is 0.410 e. The maximum absolute atomic E-state index is 15.6. The van der Waals surface area contributed by atoms with Gasteiger partial charge < -0.3 is 14.7 Å². The van der Waals surface area contributed by atoms with Crippen LogP contribution in [0.4, 0.5) is 30.7 Å². The number of rotatable bonds is 5. The minimum atomic E-state index is -5.69. The molecule has 2 aliphatic heterocycles. The van der Waals surface area contributed by atoms with Crippen LogP contribution >= 0.6 is 0 Å². The number of nitrogens with zero attached hydrogens (tertiary/aromatic N) is 1. The van der Waals surface area contributed by atoms with Crippen LogP contribution in [-0.2, 0) is 25.3 Å². The fraction of sp³-hybridized carbons (Fsp3) is 0.440. The molecule has 2 aromatic rings. The molecule has 0 bridgehead atoms. The van der Waals surface area contributed by atoms with Crippen molar-refractivity contribution in [3.05, 3.63) is 71.5 Å². The van der Waals surface area contributed by atoms with E-state index in [-0.39, 0.29) is 4.90 Å². The number of carbonyl (C=O) groups excluding carboxylic acids is 1. The molecule has 2 aliphatic rings. The molecule has 37 heavy (non-hydrogen) atoms. The van der Waals surface area contributed by atoms with Crippen LogP contribution in [0.15, 0.2) is 54.6 Å². The highest BCUT2D eigenvalue weighted by atomic mass is 19.4. The van der Waals surface area contributed by atoms with E-state index >= 15 is 13.2 Å². The maximum Gasteiger partial charge on any atom is 0.410 e. The third kappa shape index (κ3) is 3.79. The first-order valence-corrected chi connectivity index (χ1v) is 11.4. The summed E-state index contributed by atoms with van der Waals surface area (Å²) >= 11 is 0. The van der Waals surface area contributed by atoms with E-state index in [0.717, 1.165) is 48.5 Å². The Kier molecular flexibility index (Phi) is 6.54. The van der Waals surface area contributed by atoms with Crippen LogP contribution in [0.3, 0.4) is 0 Å². The van der Waals surface area contributed by atoms with E-state index < -0.39 is 89.6 Å². The number of carbonyl (C=O) groups is 2. The summed E-state index contributed by atoms with van der Waals surface area (Å²) in [5.41, 5.74) is -8.19. The zero-order valence-electron chi connectivity index (χ0n) is 19.3. The topological polar surface area (TPSA) is 66.8 Å². The molecule has 2 fully saturated rings. The largest absolute Gasteiger partial charge is 0.481 e. The van der Waals surface area contributed by atoms with Gasteiger partial charge in [-0.05, 0) is 36.6 Å². The molecule has 1 amide bonds. The molecule has 200 valence electrons. The molecule has 5 unspecified atom stereocenters. The Morgan fingerprint density at radius 3 is 2.11 bits per heavy atom. The van der Waals surface area contributed by atoms with Gasteiger partial charge >= 0.3 is 18.3 Å². The fourth-order valence-corrected chi connectivity index (χ4v) is 6.15. The second-order valence-corrected chi connectivity index (χ2v) is 9.08. The van der Waals surface area contributed by atoms with Crippen molar-refractivity contribution in [3.63, 3.8) is 0 Å². The molecule has 5 atom stereocenters. The quantitative estimate of drug-likeness (QED) is 0.537. The molecule has 1 N–H and O–H groups in total. The Morgan fingerprint density at radius 1 is 1.03 bits per heavy atom. The number of ether oxygens (including phenoxy) is 1. The van der Waals surface area contributed by atoms with Crippen molar-refractivity contribution in [1.29, 1.82) is 0 Å². The van der Waals surface area contributed by atoms with Crippen LogP contribution in [0, 0.1) is 11.7 Å². The first-order chi connectivity index (χ1) is 17.2. The van der Waals surface area contributed by atoms with Gasteiger partial charge in [0.05, 0.1) is 12.0 Å². The third-order valence-corrected chi connectivity index (χ3v) is 7.28. The van der Waals surface area contributed by atoms with Gasteiger partial charge in [-0.3, -0.25) is 9.59 Å². The van der Waals surface area contributed by atoms with Crippen LogP contribution in [-0.4, -0.2) is 52.9 Å². The predicted molar refractivity (Wildman–Crippen MR) is 115 cm³/mol. The van der Waals surface area contributed by atoms with Crippen molar-refractivity contribution in [3.8, 4) is 0 Å². The summed E-state index contributed by atoms with van der Waals surface area (Å²) in [5, 5.41) is 9.61. The number of piperidine rings is 1. The lowest BCUT2D eigenvalue weighted by Crippen LogP contribution is -2.66. The number of carboxylic acids is 1. The normalized spacial score (nSPS) is 30.3. The zero-order valence-corrected chi connectivity index (χ0v) is 19.3. The summed E-state index contributed by atoms with van der Waals surface area (Å²) in [6.45, 7) is 0.755. The Balaban J connectivity index is 2.24. The van der Waals surface area contributed by atoms with E-state index in [1.54, 1.807) is 0 Å². The van der Waals surface area contributed by atoms with Gasteiger partial charge in [0.25, 0.3) is 0 Å². The Labute approximate surface area is 206 Å². The van der Waals surface area contributed by atoms with E-state index in [9.17, 15) is 32.3 Å². The Hall–Kier alpha value is -3.15. The number of carboxylic acid groups (broad SMARTS) is 1. The highest BCUT2D eigenvalue weighted by Crippen LogP contribution is 2.68. The number of aliphatic carboxylic acids is 1. The molecular weight excluding hydrogens is 511 g/mol. The first-order valence-electron chi connectivity index (χ1n) is 11.4. The van der Waals surface area contributed by atoms with Gasteiger partial charge in [-0.25, -0.2) is 4.39 Å². The SMILES string of the molecule is CCOC1(c2ccc(F)cc2)C2CC(C(=O)O)CC(=O)N2C(C(F)(F)F)C1(c1ccccc1)C(F)(F)F. The van der Waals surface area contributed by atoms with Gasteiger partial charge in [0, 0.05) is 13.0 Å². The van der Waals surface area contributed by atoms with Crippen LogP contribution in [0.1, 0.15) is 30.9 Å². The number of hydrogen-bond donors (Lipinski definition) is 1. The van der Waals surface area contributed by atoms with Crippen LogP contribution in [0.5, 0.6) is 0 Å². The van der Waals surface area contributed by atoms with Gasteiger partial charge in [0.2, 0.25) is 5.91 Å². The summed E-state index contributed by atoms with van der Waals surface area (Å²) in [7, 11) is 0. The molecule has 5 nitrogen and oxygen atoms in total. The van der Waals surface area contributed by atoms with Crippen LogP contribution in [0.2, 0.25) is 0 Å². The summed E-state index contributed by atoms with van der Waals surface area (Å²) in [4.78, 5) is 25.1. The van der Waals surface area contributed by atoms with Crippen molar-refractivity contribution in [2.75, 3.05) is 6.61 Å². The minimum absolute atomic E-state index is 0.110. The molecule has 0 aromatic heterocycles. The standard InChI is InChI=1S/C25H22F7NO4/c1-2-37-23(16-8-10-17(26)11-9-16)18-12-14(20(35)36)13-19(34)33(18)21(24(27,28)29)22(23,25(30,31)32)15-6-4-3-5-7-15/h3-11,14,18,21H,2,12-13H2,1H3,(H,35,36). The lowest BCUT2D eigenvalue weighted by atomic mass is 9.59. The summed E-state index contributed by atoms with van der Waals surface area (Å²) in [6.07, 6.45) is -13.0. The van der Waals surface area contributed by atoms with Crippen molar-refractivity contribution < 1.29 is 50.2 Å². The van der Waals surface area contributed by atoms with Crippen molar-refractivity contribution in [2.24, 2.45) is 5.92 Å². The molecule has 0 spiro atoms. The monoisotopic (exact) mass is 533 g/mol. The summed E-state index contributed by atoms with van der Waals surface area (Å²) in [5.74, 6) is -5.34. The second kappa shape index (κ2) is 9.00. The number of alkyl halides is 6. The summed E-state index contributed by atoms with van der Waals surface area (Å²) in [6, 6.07) is 3.25. The number of hydrogen-bond acceptors (Lipinski definition) is 3. The summed E-state index contributed by atoms with van der Waals surface area (Å²) < 4.78 is 111. The van der Waals surface area contributed by atoms with E-state index in [1.807, 2.05) is 0 Å². The van der Waals surface area contributed by atoms with E-state index in [2.05, 4.69) is 0 Å². The number of amides is 1. The van der Waals surface area contributed by atoms with Crippen LogP contribution in [0.25, 0.3) is 0 Å². The van der Waals surface area contributed by atoms with Gasteiger partial charge in [0.1, 0.15) is 17.5 Å². The molecule has 0 aliphatic carbocycles. The van der Waals surface area contributed by atoms with Crippen LogP contribution < -0.4 is 0 Å². The third-order valence-electron chi connectivity index (χ3n) is 7.28. The Morgan fingerprint density at radius 2 is 1.62 bits per heavy atom. The van der Waals surface area contributed by atoms with Crippen molar-refractivity contribution in [2.45, 2.75) is 55.2 Å². The lowest BCUT2D eigenvalue weighted by Gasteiger charge is -2.50. The highest BCUT2D eigenvalue weighted by molar-refractivity contribution is 5.85. The molecule has 2 heterocycles. The lowest BCUT2D eigenvalue weighted by molar-refractivity contribution is -0.288. The van der Waals surface area contributed by atoms with Gasteiger partial charge in [-0.2, -0.15) is 26.3 Å². The molecule has 4 rings (SSSR count). The van der Waals surface area contributed by atoms with Crippen molar-refractivity contribution >= 4 is 11.9 Å². The molecule has 2 saturated heterocycles. The first kappa shape index (κ1) is 26.9. The highest BCUT2D eigenvalue weighted by Gasteiger charge is 2.86. The second-order valence-electron chi connectivity index (χ2n) is 9.08. The minimum Gasteiger partial charge on any atom is -0.481 e. The fourth-order valence-electron chi connectivity index (χ4n) is 6.15. The van der Waals surface area contributed by atoms with E-state index in [4.69, 9.17) is 4.74 Å². The van der Waals surface area contributed by atoms with E-state index in [0.29, 0.717) is 0 Å². The molecule has 2 aromatic carbocycles. The van der Waals surface area contributed by atoms with Gasteiger partial charge in [-0.1, -0.05) is 42.5 Å². The number of fused-ring (bicyclic) bond motifs is 1. The zero-order chi connectivity index (χ0) is 27.4. The van der Waals surface area contributed by atoms with Gasteiger partial charge in [-0.15, -0.1) is 0 Å². The average molecular weight is 533 g/mol. The van der Waals surface area contributed by atoms with Gasteiger partial charge in [0.15, 0.2) is 5.41 Å². The molecule has 0 radical (unpaired) electrons. The average Bonchev–Trinajstić information content (AvgIpc) is 3.09. The molecular formula is C25H22F7NO4. The van der Waals surface area contributed by atoms with E-state index in [1.165, 1.54) is 13.0 Å². The predicted octanol–water partition coefficient (Wildman–Crippen LogP) is 5.19. The van der Waals surface area contributed by atoms with Crippen molar-refractivity contribution in [1.82, 2.24) is 4.90 Å². The Bertz CT molecular complexity index is 1170.